The van der Waals surface area contributed by atoms with Gasteiger partial charge in [0.25, 0.3) is 5.91 Å². The molecule has 30 heavy (non-hydrogen) atoms. The summed E-state index contributed by atoms with van der Waals surface area (Å²) < 4.78 is 11.2. The van der Waals surface area contributed by atoms with E-state index in [1.54, 1.807) is 42.5 Å². The van der Waals surface area contributed by atoms with Crippen molar-refractivity contribution >= 4 is 28.9 Å². The number of nitrogens with one attached hydrogen (secondary N) is 2. The molecule has 0 saturated heterocycles. The van der Waals surface area contributed by atoms with Crippen molar-refractivity contribution in [1.29, 1.82) is 0 Å². The van der Waals surface area contributed by atoms with Crippen molar-refractivity contribution in [2.75, 3.05) is 18.5 Å². The molecule has 3 aromatic rings. The first kappa shape index (κ1) is 21.1. The lowest BCUT2D eigenvalue weighted by Crippen LogP contribution is -2.34. The predicted molar refractivity (Wildman–Crippen MR) is 120 cm³/mol. The van der Waals surface area contributed by atoms with Crippen LogP contribution >= 0.6 is 12.2 Å². The number of aromatic hydroxyl groups is 1. The first-order chi connectivity index (χ1) is 14.5. The zero-order chi connectivity index (χ0) is 21.3. The van der Waals surface area contributed by atoms with Gasteiger partial charge in [0.15, 0.2) is 5.11 Å². The summed E-state index contributed by atoms with van der Waals surface area (Å²) in [4.78, 5) is 12.4. The van der Waals surface area contributed by atoms with Crippen LogP contribution in [-0.4, -0.2) is 29.3 Å². The van der Waals surface area contributed by atoms with Crippen LogP contribution in [0.1, 0.15) is 15.9 Å². The van der Waals surface area contributed by atoms with Crippen LogP contribution in [0, 0.1) is 6.92 Å². The van der Waals surface area contributed by atoms with Crippen LogP contribution in [-0.2, 0) is 0 Å². The summed E-state index contributed by atoms with van der Waals surface area (Å²) in [6.07, 6.45) is 0. The number of hydrogen-bond acceptors (Lipinski definition) is 5. The Morgan fingerprint density at radius 1 is 0.933 bits per heavy atom. The number of hydrogen-bond donors (Lipinski definition) is 3. The molecule has 0 aliphatic heterocycles. The standard InChI is InChI=1S/C23H22N2O4S/c1-16-7-12-21(26)20(15-16)24-23(30)25-22(27)17-8-10-19(11-9-17)29-14-13-28-18-5-3-2-4-6-18/h2-12,15,26H,13-14H2,1H3,(H2,24,25,27,30). The van der Waals surface area contributed by atoms with E-state index in [1.165, 1.54) is 0 Å². The summed E-state index contributed by atoms with van der Waals surface area (Å²) in [6, 6.07) is 21.3. The molecule has 0 aliphatic carbocycles. The second kappa shape index (κ2) is 10.3. The molecule has 154 valence electrons. The van der Waals surface area contributed by atoms with Gasteiger partial charge < -0.3 is 19.9 Å². The van der Waals surface area contributed by atoms with Crippen LogP contribution in [0.4, 0.5) is 5.69 Å². The molecule has 3 N–H and O–H groups in total. The topological polar surface area (TPSA) is 79.8 Å². The van der Waals surface area contributed by atoms with Crippen LogP contribution in [0.5, 0.6) is 17.2 Å². The lowest BCUT2D eigenvalue weighted by Gasteiger charge is -2.12. The van der Waals surface area contributed by atoms with Gasteiger partial charge in [0.05, 0.1) is 5.69 Å². The molecule has 6 nitrogen and oxygen atoms in total. The molecular weight excluding hydrogens is 400 g/mol. The molecule has 0 heterocycles. The summed E-state index contributed by atoms with van der Waals surface area (Å²) in [5, 5.41) is 15.4. The SMILES string of the molecule is Cc1ccc(O)c(NC(=S)NC(=O)c2ccc(OCCOc3ccccc3)cc2)c1. The van der Waals surface area contributed by atoms with Crippen LogP contribution < -0.4 is 20.1 Å². The minimum absolute atomic E-state index is 0.0509. The van der Waals surface area contributed by atoms with Gasteiger partial charge in [-0.05, 0) is 73.2 Å². The third-order valence-corrected chi connectivity index (χ3v) is 4.31. The van der Waals surface area contributed by atoms with E-state index in [0.29, 0.717) is 30.2 Å². The fraction of sp³-hybridized carbons (Fsp3) is 0.130. The highest BCUT2D eigenvalue weighted by Crippen LogP contribution is 2.23. The average molecular weight is 423 g/mol. The molecule has 0 aromatic heterocycles. The normalized spacial score (nSPS) is 10.2. The van der Waals surface area contributed by atoms with Gasteiger partial charge in [-0.2, -0.15) is 0 Å². The molecule has 0 bridgehead atoms. The number of rotatable bonds is 7. The fourth-order valence-corrected chi connectivity index (χ4v) is 2.82. The molecule has 0 unspecified atom stereocenters. The maximum absolute atomic E-state index is 12.4. The maximum Gasteiger partial charge on any atom is 0.257 e. The molecular formula is C23H22N2O4S. The van der Waals surface area contributed by atoms with Crippen molar-refractivity contribution in [3.63, 3.8) is 0 Å². The number of ether oxygens (including phenoxy) is 2. The summed E-state index contributed by atoms with van der Waals surface area (Å²) in [6.45, 7) is 2.69. The Labute approximate surface area is 180 Å². The second-order valence-electron chi connectivity index (χ2n) is 6.46. The van der Waals surface area contributed by atoms with Gasteiger partial charge in [0.2, 0.25) is 0 Å². The van der Waals surface area contributed by atoms with Crippen molar-refractivity contribution in [3.05, 3.63) is 83.9 Å². The van der Waals surface area contributed by atoms with Crippen LogP contribution in [0.2, 0.25) is 0 Å². The second-order valence-corrected chi connectivity index (χ2v) is 6.87. The summed E-state index contributed by atoms with van der Waals surface area (Å²) >= 11 is 5.16. The molecule has 7 heteroatoms. The van der Waals surface area contributed by atoms with E-state index in [0.717, 1.165) is 11.3 Å². The summed E-state index contributed by atoms with van der Waals surface area (Å²) in [5.41, 5.74) is 1.82. The number of para-hydroxylation sites is 1. The van der Waals surface area contributed by atoms with E-state index < -0.39 is 0 Å². The van der Waals surface area contributed by atoms with Crippen molar-refractivity contribution in [1.82, 2.24) is 5.32 Å². The first-order valence-corrected chi connectivity index (χ1v) is 9.75. The van der Waals surface area contributed by atoms with Crippen molar-refractivity contribution in [2.45, 2.75) is 6.92 Å². The zero-order valence-electron chi connectivity index (χ0n) is 16.4. The molecule has 0 fully saturated rings. The third-order valence-electron chi connectivity index (χ3n) is 4.11. The third kappa shape index (κ3) is 6.22. The Hall–Kier alpha value is -3.58. The van der Waals surface area contributed by atoms with Crippen molar-refractivity contribution in [3.8, 4) is 17.2 Å². The number of aryl methyl sites for hydroxylation is 1. The predicted octanol–water partition coefficient (Wildman–Crippen LogP) is 4.29. The number of anilines is 1. The van der Waals surface area contributed by atoms with Crippen LogP contribution in [0.3, 0.4) is 0 Å². The lowest BCUT2D eigenvalue weighted by molar-refractivity contribution is 0.0977. The highest BCUT2D eigenvalue weighted by molar-refractivity contribution is 7.80. The molecule has 1 amide bonds. The van der Waals surface area contributed by atoms with Crippen molar-refractivity contribution < 1.29 is 19.4 Å². The number of thiocarbonyl (C=S) groups is 1. The maximum atomic E-state index is 12.4. The Kier molecular flexibility index (Phi) is 7.24. The Balaban J connectivity index is 1.46. The molecule has 0 spiro atoms. The van der Waals surface area contributed by atoms with Crippen molar-refractivity contribution in [2.24, 2.45) is 0 Å². The summed E-state index contributed by atoms with van der Waals surface area (Å²) in [5.74, 6) is 1.11. The lowest BCUT2D eigenvalue weighted by atomic mass is 10.2. The van der Waals surface area contributed by atoms with Crippen LogP contribution in [0.25, 0.3) is 0 Å². The quantitative estimate of drug-likeness (QED) is 0.300. The Morgan fingerprint density at radius 3 is 2.23 bits per heavy atom. The van der Waals surface area contributed by atoms with E-state index in [2.05, 4.69) is 10.6 Å². The number of phenols is 1. The van der Waals surface area contributed by atoms with Gasteiger partial charge in [-0.1, -0.05) is 24.3 Å². The highest BCUT2D eigenvalue weighted by Gasteiger charge is 2.10. The average Bonchev–Trinajstić information content (AvgIpc) is 2.75. The van der Waals surface area contributed by atoms with E-state index >= 15 is 0 Å². The number of amides is 1. The molecule has 0 saturated carbocycles. The Bertz CT molecular complexity index is 1010. The summed E-state index contributed by atoms with van der Waals surface area (Å²) in [7, 11) is 0. The van der Waals surface area contributed by atoms with Gasteiger partial charge in [0, 0.05) is 5.56 Å². The number of carbonyl (C=O) groups excluding carboxylic acids is 1. The number of phenolic OH excluding ortho intramolecular Hbond substituents is 1. The molecule has 3 rings (SSSR count). The number of benzene rings is 3. The smallest absolute Gasteiger partial charge is 0.257 e. The fourth-order valence-electron chi connectivity index (χ4n) is 2.62. The first-order valence-electron chi connectivity index (χ1n) is 9.34. The van der Waals surface area contributed by atoms with Gasteiger partial charge >= 0.3 is 0 Å². The van der Waals surface area contributed by atoms with Gasteiger partial charge in [-0.3, -0.25) is 10.1 Å². The Morgan fingerprint density at radius 2 is 1.57 bits per heavy atom. The van der Waals surface area contributed by atoms with E-state index in [-0.39, 0.29) is 16.8 Å². The van der Waals surface area contributed by atoms with Crippen LogP contribution in [0.15, 0.2) is 72.8 Å². The van der Waals surface area contributed by atoms with Gasteiger partial charge in [-0.25, -0.2) is 0 Å². The van der Waals surface area contributed by atoms with E-state index in [1.807, 2.05) is 37.3 Å². The van der Waals surface area contributed by atoms with Gasteiger partial charge in [-0.15, -0.1) is 0 Å². The minimum atomic E-state index is -0.362. The van der Waals surface area contributed by atoms with E-state index in [9.17, 15) is 9.90 Å². The minimum Gasteiger partial charge on any atom is -0.506 e. The number of carbonyl (C=O) groups is 1. The van der Waals surface area contributed by atoms with E-state index in [4.69, 9.17) is 21.7 Å². The molecule has 0 aliphatic rings. The van der Waals surface area contributed by atoms with Gasteiger partial charge in [0.1, 0.15) is 30.5 Å². The largest absolute Gasteiger partial charge is 0.506 e. The monoisotopic (exact) mass is 422 g/mol. The molecule has 0 radical (unpaired) electrons. The molecule has 3 aromatic carbocycles. The highest BCUT2D eigenvalue weighted by atomic mass is 32.1. The zero-order valence-corrected chi connectivity index (χ0v) is 17.2. The molecule has 0 atom stereocenters.